The molecule has 0 spiro atoms. The third-order valence-corrected chi connectivity index (χ3v) is 2.33. The van der Waals surface area contributed by atoms with Crippen molar-refractivity contribution >= 4 is 5.91 Å². The van der Waals surface area contributed by atoms with E-state index in [2.05, 4.69) is 0 Å². The predicted molar refractivity (Wildman–Crippen MR) is 46.7 cm³/mol. The van der Waals surface area contributed by atoms with E-state index in [1.165, 1.54) is 0 Å². The van der Waals surface area contributed by atoms with E-state index in [-0.39, 0.29) is 5.91 Å². The van der Waals surface area contributed by atoms with Crippen LogP contribution in [0, 0.1) is 0 Å². The Morgan fingerprint density at radius 1 is 1.67 bits per heavy atom. The molecule has 0 aromatic rings. The van der Waals surface area contributed by atoms with Gasteiger partial charge in [0.1, 0.15) is 0 Å². The minimum atomic E-state index is -0.664. The van der Waals surface area contributed by atoms with Gasteiger partial charge in [0.2, 0.25) is 5.91 Å². The first-order chi connectivity index (χ1) is 5.55. The summed E-state index contributed by atoms with van der Waals surface area (Å²) < 4.78 is 0. The van der Waals surface area contributed by atoms with Gasteiger partial charge in [0, 0.05) is 19.5 Å². The smallest absolute Gasteiger partial charge is 0.222 e. The second kappa shape index (κ2) is 3.44. The van der Waals surface area contributed by atoms with Crippen molar-refractivity contribution in [2.45, 2.75) is 38.7 Å². The maximum atomic E-state index is 11.3. The Bertz CT molecular complexity index is 177. The van der Waals surface area contributed by atoms with Gasteiger partial charge < -0.3 is 10.0 Å². The third kappa shape index (κ3) is 2.21. The number of carbonyl (C=O) groups excluding carboxylic acids is 1. The number of carbonyl (C=O) groups is 1. The molecule has 3 heteroatoms. The summed E-state index contributed by atoms with van der Waals surface area (Å²) in [5.41, 5.74) is -0.664. The van der Waals surface area contributed by atoms with Gasteiger partial charge in [-0.2, -0.15) is 0 Å². The van der Waals surface area contributed by atoms with Crippen LogP contribution in [-0.2, 0) is 4.79 Å². The van der Waals surface area contributed by atoms with Crippen molar-refractivity contribution in [2.24, 2.45) is 0 Å². The third-order valence-electron chi connectivity index (χ3n) is 2.33. The lowest BCUT2D eigenvalue weighted by molar-refractivity contribution is -0.137. The first kappa shape index (κ1) is 9.52. The molecular formula is C9H17NO2. The van der Waals surface area contributed by atoms with E-state index < -0.39 is 5.60 Å². The van der Waals surface area contributed by atoms with Crippen LogP contribution in [-0.4, -0.2) is 34.6 Å². The maximum Gasteiger partial charge on any atom is 0.222 e. The highest BCUT2D eigenvalue weighted by atomic mass is 16.3. The molecular weight excluding hydrogens is 154 g/mol. The number of likely N-dealkylation sites (tertiary alicyclic amines) is 1. The number of nitrogens with zero attached hydrogens (tertiary/aromatic N) is 1. The number of aliphatic hydroxyl groups is 1. The molecule has 1 aliphatic heterocycles. The molecule has 0 bridgehead atoms. The van der Waals surface area contributed by atoms with Gasteiger partial charge in [0.05, 0.1) is 5.60 Å². The number of β-amino-alcohol motifs (C(OH)–C–C–N with tert-alkyl or cyclic N) is 1. The summed E-state index contributed by atoms with van der Waals surface area (Å²) >= 11 is 0. The summed E-state index contributed by atoms with van der Waals surface area (Å²) in [6.45, 7) is 4.95. The molecule has 12 heavy (non-hydrogen) atoms. The molecule has 1 heterocycles. The minimum absolute atomic E-state index is 0.148. The van der Waals surface area contributed by atoms with Crippen molar-refractivity contribution in [1.82, 2.24) is 4.90 Å². The van der Waals surface area contributed by atoms with Gasteiger partial charge in [-0.15, -0.1) is 0 Å². The fraction of sp³-hybridized carbons (Fsp3) is 0.889. The van der Waals surface area contributed by atoms with E-state index in [1.807, 2.05) is 6.92 Å². The standard InChI is InChI=1S/C9H17NO2/c1-3-8(11)10-6-4-5-9(2,12)7-10/h12H,3-7H2,1-2H3. The normalized spacial score (nSPS) is 30.4. The number of hydrogen-bond donors (Lipinski definition) is 1. The lowest BCUT2D eigenvalue weighted by Gasteiger charge is -2.36. The number of piperidine rings is 1. The van der Waals surface area contributed by atoms with Crippen LogP contribution in [0.2, 0.25) is 0 Å². The monoisotopic (exact) mass is 171 g/mol. The van der Waals surface area contributed by atoms with Crippen LogP contribution in [0.4, 0.5) is 0 Å². The molecule has 0 aliphatic carbocycles. The zero-order valence-electron chi connectivity index (χ0n) is 7.84. The van der Waals surface area contributed by atoms with Gasteiger partial charge in [-0.05, 0) is 19.8 Å². The molecule has 1 amide bonds. The molecule has 1 aliphatic rings. The highest BCUT2D eigenvalue weighted by molar-refractivity contribution is 5.76. The SMILES string of the molecule is CCC(=O)N1CCCC(C)(O)C1. The minimum Gasteiger partial charge on any atom is -0.388 e. The second-order valence-corrected chi connectivity index (χ2v) is 3.77. The molecule has 1 fully saturated rings. The topological polar surface area (TPSA) is 40.5 Å². The van der Waals surface area contributed by atoms with E-state index >= 15 is 0 Å². The first-order valence-electron chi connectivity index (χ1n) is 4.55. The van der Waals surface area contributed by atoms with Crippen LogP contribution < -0.4 is 0 Å². The van der Waals surface area contributed by atoms with Gasteiger partial charge in [0.15, 0.2) is 0 Å². The molecule has 0 aromatic carbocycles. The lowest BCUT2D eigenvalue weighted by Crippen LogP contribution is -2.48. The first-order valence-corrected chi connectivity index (χ1v) is 4.55. The average molecular weight is 171 g/mol. The summed E-state index contributed by atoms with van der Waals surface area (Å²) in [7, 11) is 0. The Kier molecular flexibility index (Phi) is 2.73. The van der Waals surface area contributed by atoms with Crippen LogP contribution in [0.25, 0.3) is 0 Å². The van der Waals surface area contributed by atoms with Gasteiger partial charge in [-0.3, -0.25) is 4.79 Å². The van der Waals surface area contributed by atoms with Crippen LogP contribution >= 0.6 is 0 Å². The Morgan fingerprint density at radius 2 is 2.33 bits per heavy atom. The summed E-state index contributed by atoms with van der Waals surface area (Å²) in [5.74, 6) is 0.148. The van der Waals surface area contributed by atoms with Crippen LogP contribution in [0.15, 0.2) is 0 Å². The van der Waals surface area contributed by atoms with Gasteiger partial charge in [0.25, 0.3) is 0 Å². The van der Waals surface area contributed by atoms with E-state index in [0.29, 0.717) is 13.0 Å². The molecule has 70 valence electrons. The Balaban J connectivity index is 2.52. The largest absolute Gasteiger partial charge is 0.388 e. The summed E-state index contributed by atoms with van der Waals surface area (Å²) in [4.78, 5) is 13.0. The molecule has 1 unspecified atom stereocenters. The predicted octanol–water partition coefficient (Wildman–Crippen LogP) is 0.770. The number of hydrogen-bond acceptors (Lipinski definition) is 2. The quantitative estimate of drug-likeness (QED) is 0.633. The van der Waals surface area contributed by atoms with E-state index in [0.717, 1.165) is 19.4 Å². The van der Waals surface area contributed by atoms with Crippen molar-refractivity contribution in [3.8, 4) is 0 Å². The number of amides is 1. The second-order valence-electron chi connectivity index (χ2n) is 3.77. The molecule has 0 radical (unpaired) electrons. The Hall–Kier alpha value is -0.570. The van der Waals surface area contributed by atoms with Crippen LogP contribution in [0.5, 0.6) is 0 Å². The maximum absolute atomic E-state index is 11.3. The fourth-order valence-corrected chi connectivity index (χ4v) is 1.66. The van der Waals surface area contributed by atoms with Crippen molar-refractivity contribution in [1.29, 1.82) is 0 Å². The van der Waals surface area contributed by atoms with Crippen LogP contribution in [0.3, 0.4) is 0 Å². The van der Waals surface area contributed by atoms with Gasteiger partial charge >= 0.3 is 0 Å². The van der Waals surface area contributed by atoms with Crippen LogP contribution in [0.1, 0.15) is 33.1 Å². The average Bonchev–Trinajstić information content (AvgIpc) is 2.01. The zero-order chi connectivity index (χ0) is 9.19. The van der Waals surface area contributed by atoms with Crippen molar-refractivity contribution < 1.29 is 9.90 Å². The fourth-order valence-electron chi connectivity index (χ4n) is 1.66. The molecule has 1 atom stereocenters. The molecule has 1 N–H and O–H groups in total. The Labute approximate surface area is 73.4 Å². The van der Waals surface area contributed by atoms with Gasteiger partial charge in [-0.25, -0.2) is 0 Å². The summed E-state index contributed by atoms with van der Waals surface area (Å²) in [5, 5.41) is 9.70. The van der Waals surface area contributed by atoms with E-state index in [1.54, 1.807) is 11.8 Å². The molecule has 0 saturated carbocycles. The highest BCUT2D eigenvalue weighted by Crippen LogP contribution is 2.20. The van der Waals surface area contributed by atoms with Crippen molar-refractivity contribution in [3.63, 3.8) is 0 Å². The van der Waals surface area contributed by atoms with E-state index in [4.69, 9.17) is 0 Å². The number of rotatable bonds is 1. The molecule has 1 saturated heterocycles. The zero-order valence-corrected chi connectivity index (χ0v) is 7.84. The van der Waals surface area contributed by atoms with E-state index in [9.17, 15) is 9.90 Å². The van der Waals surface area contributed by atoms with Gasteiger partial charge in [-0.1, -0.05) is 6.92 Å². The highest BCUT2D eigenvalue weighted by Gasteiger charge is 2.29. The van der Waals surface area contributed by atoms with Crippen molar-refractivity contribution in [2.75, 3.05) is 13.1 Å². The Morgan fingerprint density at radius 3 is 2.83 bits per heavy atom. The molecule has 1 rings (SSSR count). The molecule has 0 aromatic heterocycles. The van der Waals surface area contributed by atoms with Crippen molar-refractivity contribution in [3.05, 3.63) is 0 Å². The summed E-state index contributed by atoms with van der Waals surface area (Å²) in [6, 6.07) is 0. The summed E-state index contributed by atoms with van der Waals surface area (Å²) in [6.07, 6.45) is 2.26. The lowest BCUT2D eigenvalue weighted by atomic mass is 9.95. The molecule has 3 nitrogen and oxygen atoms in total.